The lowest BCUT2D eigenvalue weighted by atomic mass is 9.75. The third-order valence-electron chi connectivity index (χ3n) is 4.70. The van der Waals surface area contributed by atoms with Crippen molar-refractivity contribution in [3.63, 3.8) is 0 Å². The summed E-state index contributed by atoms with van der Waals surface area (Å²) in [4.78, 5) is 2.42. The molecular weight excluding hydrogens is 248 g/mol. The van der Waals surface area contributed by atoms with Crippen LogP contribution in [-0.4, -0.2) is 37.2 Å². The zero-order valence-corrected chi connectivity index (χ0v) is 12.8. The molecule has 0 radical (unpaired) electrons. The van der Waals surface area contributed by atoms with E-state index in [9.17, 15) is 0 Å². The lowest BCUT2D eigenvalue weighted by Gasteiger charge is -2.46. The number of para-hydroxylation sites is 1. The molecule has 3 heteroatoms. The van der Waals surface area contributed by atoms with E-state index >= 15 is 0 Å². The predicted octanol–water partition coefficient (Wildman–Crippen LogP) is 2.90. The lowest BCUT2D eigenvalue weighted by Crippen LogP contribution is -2.55. The van der Waals surface area contributed by atoms with Gasteiger partial charge in [0.1, 0.15) is 12.4 Å². The molecule has 2 rings (SSSR count). The van der Waals surface area contributed by atoms with Gasteiger partial charge in [0, 0.05) is 18.6 Å². The summed E-state index contributed by atoms with van der Waals surface area (Å²) in [6.45, 7) is 4.74. The zero-order valence-electron chi connectivity index (χ0n) is 12.8. The Hall–Kier alpha value is -1.06. The van der Waals surface area contributed by atoms with Gasteiger partial charge in [-0.25, -0.2) is 0 Å². The van der Waals surface area contributed by atoms with Gasteiger partial charge in [-0.1, -0.05) is 38.0 Å². The second-order valence-corrected chi connectivity index (χ2v) is 6.21. The van der Waals surface area contributed by atoms with Crippen LogP contribution >= 0.6 is 0 Å². The predicted molar refractivity (Wildman–Crippen MR) is 84.0 cm³/mol. The van der Waals surface area contributed by atoms with Crippen LogP contribution in [0, 0.1) is 5.92 Å². The Labute approximate surface area is 123 Å². The van der Waals surface area contributed by atoms with E-state index in [1.54, 1.807) is 0 Å². The largest absolute Gasteiger partial charge is 0.492 e. The molecule has 2 unspecified atom stereocenters. The summed E-state index contributed by atoms with van der Waals surface area (Å²) in [5.41, 5.74) is 6.28. The van der Waals surface area contributed by atoms with Crippen molar-refractivity contribution in [2.45, 2.75) is 38.1 Å². The Morgan fingerprint density at radius 3 is 2.75 bits per heavy atom. The van der Waals surface area contributed by atoms with Crippen LogP contribution in [0.15, 0.2) is 30.3 Å². The van der Waals surface area contributed by atoms with E-state index in [4.69, 9.17) is 10.5 Å². The number of nitrogens with zero attached hydrogens (tertiary/aromatic N) is 1. The van der Waals surface area contributed by atoms with Gasteiger partial charge in [0.05, 0.1) is 0 Å². The molecule has 1 aliphatic rings. The molecule has 0 heterocycles. The zero-order chi connectivity index (χ0) is 14.4. The SMILES string of the molecule is CC1CCCC(CN)(N(C)CCOc2ccccc2)C1. The molecule has 0 amide bonds. The molecule has 20 heavy (non-hydrogen) atoms. The summed E-state index contributed by atoms with van der Waals surface area (Å²) >= 11 is 0. The topological polar surface area (TPSA) is 38.5 Å². The van der Waals surface area contributed by atoms with Crippen molar-refractivity contribution in [3.8, 4) is 5.75 Å². The molecule has 0 saturated heterocycles. The number of hydrogen-bond donors (Lipinski definition) is 1. The molecule has 2 N–H and O–H groups in total. The summed E-state index contributed by atoms with van der Waals surface area (Å²) in [7, 11) is 2.19. The van der Waals surface area contributed by atoms with Gasteiger partial charge in [0.2, 0.25) is 0 Å². The molecule has 1 aromatic rings. The monoisotopic (exact) mass is 276 g/mol. The molecular formula is C17H28N2O. The van der Waals surface area contributed by atoms with Gasteiger partial charge in [-0.05, 0) is 37.9 Å². The highest BCUT2D eigenvalue weighted by Crippen LogP contribution is 2.35. The summed E-state index contributed by atoms with van der Waals surface area (Å²) < 4.78 is 5.80. The van der Waals surface area contributed by atoms with Crippen molar-refractivity contribution in [2.24, 2.45) is 11.7 Å². The molecule has 2 atom stereocenters. The Morgan fingerprint density at radius 2 is 2.10 bits per heavy atom. The van der Waals surface area contributed by atoms with E-state index in [1.807, 2.05) is 30.3 Å². The smallest absolute Gasteiger partial charge is 0.119 e. The van der Waals surface area contributed by atoms with Crippen LogP contribution < -0.4 is 10.5 Å². The number of likely N-dealkylation sites (N-methyl/N-ethyl adjacent to an activating group) is 1. The van der Waals surface area contributed by atoms with Crippen molar-refractivity contribution in [1.82, 2.24) is 4.90 Å². The molecule has 1 saturated carbocycles. The van der Waals surface area contributed by atoms with Crippen LogP contribution in [0.3, 0.4) is 0 Å². The second kappa shape index (κ2) is 7.09. The van der Waals surface area contributed by atoms with E-state index in [1.165, 1.54) is 25.7 Å². The lowest BCUT2D eigenvalue weighted by molar-refractivity contribution is 0.0509. The number of benzene rings is 1. The fourth-order valence-corrected chi connectivity index (χ4v) is 3.37. The van der Waals surface area contributed by atoms with Crippen LogP contribution in [0.4, 0.5) is 0 Å². The third-order valence-corrected chi connectivity index (χ3v) is 4.70. The van der Waals surface area contributed by atoms with Gasteiger partial charge in [-0.3, -0.25) is 4.90 Å². The maximum absolute atomic E-state index is 6.10. The van der Waals surface area contributed by atoms with Crippen molar-refractivity contribution >= 4 is 0 Å². The Bertz CT molecular complexity index is 395. The number of ether oxygens (including phenoxy) is 1. The second-order valence-electron chi connectivity index (χ2n) is 6.21. The highest BCUT2D eigenvalue weighted by molar-refractivity contribution is 5.20. The molecule has 0 aliphatic heterocycles. The van der Waals surface area contributed by atoms with Crippen molar-refractivity contribution in [2.75, 3.05) is 26.7 Å². The van der Waals surface area contributed by atoms with Gasteiger partial charge < -0.3 is 10.5 Å². The van der Waals surface area contributed by atoms with E-state index in [0.29, 0.717) is 0 Å². The van der Waals surface area contributed by atoms with Crippen LogP contribution in [0.5, 0.6) is 5.75 Å². The molecule has 1 fully saturated rings. The third kappa shape index (κ3) is 3.74. The standard InChI is InChI=1S/C17H28N2O/c1-15-7-6-10-17(13-15,14-18)19(2)11-12-20-16-8-4-3-5-9-16/h3-5,8-9,15H,6-7,10-14,18H2,1-2H3. The Morgan fingerprint density at radius 1 is 1.35 bits per heavy atom. The van der Waals surface area contributed by atoms with E-state index in [0.717, 1.165) is 31.4 Å². The number of hydrogen-bond acceptors (Lipinski definition) is 3. The fraction of sp³-hybridized carbons (Fsp3) is 0.647. The van der Waals surface area contributed by atoms with Gasteiger partial charge in [0.15, 0.2) is 0 Å². The minimum atomic E-state index is 0.178. The average Bonchev–Trinajstić information content (AvgIpc) is 2.48. The van der Waals surface area contributed by atoms with Gasteiger partial charge >= 0.3 is 0 Å². The number of nitrogens with two attached hydrogens (primary N) is 1. The van der Waals surface area contributed by atoms with Crippen molar-refractivity contribution in [1.29, 1.82) is 0 Å². The first-order valence-electron chi connectivity index (χ1n) is 7.75. The highest BCUT2D eigenvalue weighted by Gasteiger charge is 2.36. The highest BCUT2D eigenvalue weighted by atomic mass is 16.5. The van der Waals surface area contributed by atoms with Gasteiger partial charge in [-0.2, -0.15) is 0 Å². The minimum absolute atomic E-state index is 0.178. The van der Waals surface area contributed by atoms with Crippen LogP contribution in [-0.2, 0) is 0 Å². The molecule has 3 nitrogen and oxygen atoms in total. The summed E-state index contributed by atoms with van der Waals surface area (Å²) in [5, 5.41) is 0. The first-order valence-corrected chi connectivity index (χ1v) is 7.75. The van der Waals surface area contributed by atoms with Crippen LogP contribution in [0.25, 0.3) is 0 Å². The molecule has 1 aliphatic carbocycles. The molecule has 112 valence electrons. The normalized spacial score (nSPS) is 26.7. The van der Waals surface area contributed by atoms with Gasteiger partial charge in [-0.15, -0.1) is 0 Å². The molecule has 1 aromatic carbocycles. The van der Waals surface area contributed by atoms with Gasteiger partial charge in [0.25, 0.3) is 0 Å². The van der Waals surface area contributed by atoms with E-state index in [-0.39, 0.29) is 5.54 Å². The molecule has 0 aromatic heterocycles. The van der Waals surface area contributed by atoms with Crippen molar-refractivity contribution in [3.05, 3.63) is 30.3 Å². The van der Waals surface area contributed by atoms with E-state index < -0.39 is 0 Å². The Balaban J connectivity index is 1.85. The summed E-state index contributed by atoms with van der Waals surface area (Å²) in [5.74, 6) is 1.73. The molecule has 0 spiro atoms. The summed E-state index contributed by atoms with van der Waals surface area (Å²) in [6.07, 6.45) is 5.07. The quantitative estimate of drug-likeness (QED) is 0.868. The maximum Gasteiger partial charge on any atom is 0.119 e. The number of rotatable bonds is 6. The average molecular weight is 276 g/mol. The fourth-order valence-electron chi connectivity index (χ4n) is 3.37. The Kier molecular flexibility index (Phi) is 5.44. The molecule has 0 bridgehead atoms. The summed E-state index contributed by atoms with van der Waals surface area (Å²) in [6, 6.07) is 10.0. The van der Waals surface area contributed by atoms with Crippen LogP contribution in [0.2, 0.25) is 0 Å². The van der Waals surface area contributed by atoms with Crippen LogP contribution in [0.1, 0.15) is 32.6 Å². The van der Waals surface area contributed by atoms with E-state index in [2.05, 4.69) is 18.9 Å². The maximum atomic E-state index is 6.10. The van der Waals surface area contributed by atoms with Crippen molar-refractivity contribution < 1.29 is 4.74 Å². The first kappa shape index (κ1) is 15.3. The minimum Gasteiger partial charge on any atom is -0.492 e. The first-order chi connectivity index (χ1) is 9.66.